The second-order valence-corrected chi connectivity index (χ2v) is 8.24. The van der Waals surface area contributed by atoms with Gasteiger partial charge in [0.1, 0.15) is 18.2 Å². The number of aromatic nitrogens is 3. The molecule has 0 bridgehead atoms. The van der Waals surface area contributed by atoms with Crippen molar-refractivity contribution in [3.05, 3.63) is 77.1 Å². The molecule has 6 heteroatoms. The Labute approximate surface area is 177 Å². The van der Waals surface area contributed by atoms with E-state index in [4.69, 9.17) is 16.3 Å². The summed E-state index contributed by atoms with van der Waals surface area (Å²) >= 11 is 6.30. The van der Waals surface area contributed by atoms with Crippen LogP contribution in [0.1, 0.15) is 29.8 Å². The molecule has 0 saturated carbocycles. The lowest BCUT2D eigenvalue weighted by Gasteiger charge is -2.33. The lowest BCUT2D eigenvalue weighted by atomic mass is 9.94. The predicted molar refractivity (Wildman–Crippen MR) is 115 cm³/mol. The lowest BCUT2D eigenvalue weighted by molar-refractivity contribution is 0.163. The quantitative estimate of drug-likeness (QED) is 0.575. The largest absolute Gasteiger partial charge is 0.489 e. The van der Waals surface area contributed by atoms with Gasteiger partial charge in [-0.3, -0.25) is 9.88 Å². The third-order valence-electron chi connectivity index (χ3n) is 5.53. The molecule has 152 valence electrons. The van der Waals surface area contributed by atoms with Crippen LogP contribution in [0.5, 0.6) is 5.75 Å². The first kappa shape index (κ1) is 19.9. The van der Waals surface area contributed by atoms with E-state index in [9.17, 15) is 0 Å². The number of piperidine rings is 1. The highest BCUT2D eigenvalue weighted by Gasteiger charge is 2.22. The fourth-order valence-corrected chi connectivity index (χ4v) is 4.21. The number of ether oxygens (including phenoxy) is 1. The molecule has 5 nitrogen and oxygen atoms in total. The Morgan fingerprint density at radius 2 is 2.17 bits per heavy atom. The number of pyridine rings is 1. The van der Waals surface area contributed by atoms with Gasteiger partial charge in [0.25, 0.3) is 0 Å². The van der Waals surface area contributed by atoms with Gasteiger partial charge in [-0.15, -0.1) is 0 Å². The highest BCUT2D eigenvalue weighted by molar-refractivity contribution is 6.30. The summed E-state index contributed by atoms with van der Waals surface area (Å²) < 4.78 is 8.23. The number of benzene rings is 1. The molecular weight excluding hydrogens is 384 g/mol. The van der Waals surface area contributed by atoms with Crippen molar-refractivity contribution >= 4 is 11.6 Å². The van der Waals surface area contributed by atoms with Gasteiger partial charge in [0, 0.05) is 67.5 Å². The van der Waals surface area contributed by atoms with E-state index >= 15 is 0 Å². The lowest BCUT2D eigenvalue weighted by Crippen LogP contribution is -2.36. The Morgan fingerprint density at radius 3 is 2.97 bits per heavy atom. The molecule has 0 spiro atoms. The summed E-state index contributed by atoms with van der Waals surface area (Å²) in [6, 6.07) is 9.85. The maximum absolute atomic E-state index is 6.30. The van der Waals surface area contributed by atoms with Crippen molar-refractivity contribution in [2.75, 3.05) is 13.1 Å². The Bertz CT molecular complexity index is 928. The monoisotopic (exact) mass is 410 g/mol. The van der Waals surface area contributed by atoms with E-state index in [-0.39, 0.29) is 0 Å². The van der Waals surface area contributed by atoms with Crippen LogP contribution in [0, 0.1) is 5.92 Å². The average Bonchev–Trinajstić information content (AvgIpc) is 3.13. The van der Waals surface area contributed by atoms with Crippen LogP contribution in [0.3, 0.4) is 0 Å². The van der Waals surface area contributed by atoms with E-state index in [1.807, 2.05) is 48.9 Å². The molecule has 0 unspecified atom stereocenters. The summed E-state index contributed by atoms with van der Waals surface area (Å²) in [4.78, 5) is 11.2. The van der Waals surface area contributed by atoms with Gasteiger partial charge in [-0.05, 0) is 49.6 Å². The molecule has 1 aliphatic rings. The molecule has 1 aromatic carbocycles. The minimum Gasteiger partial charge on any atom is -0.489 e. The van der Waals surface area contributed by atoms with Gasteiger partial charge in [-0.25, -0.2) is 4.98 Å². The number of aryl methyl sites for hydroxylation is 1. The van der Waals surface area contributed by atoms with Crippen LogP contribution in [0.15, 0.2) is 55.1 Å². The molecule has 1 saturated heterocycles. The first-order valence-electron chi connectivity index (χ1n) is 10.2. The van der Waals surface area contributed by atoms with Gasteiger partial charge in [0.2, 0.25) is 0 Å². The standard InChI is InChI=1S/C23H27ClN4O/c1-27-11-9-26-23(27)12-18-5-3-10-28(15-18)16-20-13-21(24)6-7-22(20)29-17-19-4-2-8-25-14-19/h2,4,6-9,11,13-14,18H,3,5,10,12,15-17H2,1H3/t18-/m1/s1. The number of halogens is 1. The van der Waals surface area contributed by atoms with Gasteiger partial charge in [0.15, 0.2) is 0 Å². The van der Waals surface area contributed by atoms with E-state index < -0.39 is 0 Å². The Hall–Kier alpha value is -2.37. The highest BCUT2D eigenvalue weighted by Crippen LogP contribution is 2.28. The van der Waals surface area contributed by atoms with Crippen LogP contribution in [0.4, 0.5) is 0 Å². The molecule has 0 amide bonds. The van der Waals surface area contributed by atoms with Crippen LogP contribution >= 0.6 is 11.6 Å². The van der Waals surface area contributed by atoms with Crippen molar-refractivity contribution in [1.29, 1.82) is 0 Å². The summed E-state index contributed by atoms with van der Waals surface area (Å²) in [7, 11) is 2.07. The fraction of sp³-hybridized carbons (Fsp3) is 0.391. The fourth-order valence-electron chi connectivity index (χ4n) is 4.01. The van der Waals surface area contributed by atoms with E-state index in [1.54, 1.807) is 6.20 Å². The minimum absolute atomic E-state index is 0.504. The smallest absolute Gasteiger partial charge is 0.124 e. The van der Waals surface area contributed by atoms with E-state index in [0.717, 1.165) is 48.0 Å². The summed E-state index contributed by atoms with van der Waals surface area (Å²) in [6.07, 6.45) is 11.0. The number of hydrogen-bond donors (Lipinski definition) is 0. The summed E-state index contributed by atoms with van der Waals surface area (Å²) in [5, 5.41) is 0.746. The Morgan fingerprint density at radius 1 is 1.24 bits per heavy atom. The second-order valence-electron chi connectivity index (χ2n) is 7.80. The van der Waals surface area contributed by atoms with Crippen LogP contribution in [0.2, 0.25) is 5.02 Å². The topological polar surface area (TPSA) is 43.2 Å². The van der Waals surface area contributed by atoms with Gasteiger partial charge < -0.3 is 9.30 Å². The number of likely N-dealkylation sites (tertiary alicyclic amines) is 1. The van der Waals surface area contributed by atoms with Gasteiger partial charge >= 0.3 is 0 Å². The molecular formula is C23H27ClN4O. The SMILES string of the molecule is Cn1ccnc1C[C@H]1CCCN(Cc2cc(Cl)ccc2OCc2cccnc2)C1. The summed E-state index contributed by atoms with van der Waals surface area (Å²) in [6.45, 7) is 3.53. The van der Waals surface area contributed by atoms with E-state index in [1.165, 1.54) is 18.7 Å². The molecule has 1 fully saturated rings. The number of imidazole rings is 1. The average molecular weight is 411 g/mol. The highest BCUT2D eigenvalue weighted by atomic mass is 35.5. The van der Waals surface area contributed by atoms with E-state index in [2.05, 4.69) is 26.5 Å². The van der Waals surface area contributed by atoms with Gasteiger partial charge in [0.05, 0.1) is 0 Å². The van der Waals surface area contributed by atoms with Crippen molar-refractivity contribution < 1.29 is 4.74 Å². The van der Waals surface area contributed by atoms with Gasteiger partial charge in [-0.2, -0.15) is 0 Å². The number of rotatable bonds is 7. The van der Waals surface area contributed by atoms with Crippen LogP contribution in [0.25, 0.3) is 0 Å². The zero-order chi connectivity index (χ0) is 20.1. The van der Waals surface area contributed by atoms with E-state index in [0.29, 0.717) is 12.5 Å². The third kappa shape index (κ3) is 5.37. The molecule has 3 heterocycles. The first-order valence-corrected chi connectivity index (χ1v) is 10.5. The number of hydrogen-bond acceptors (Lipinski definition) is 4. The molecule has 0 aliphatic carbocycles. The molecule has 1 atom stereocenters. The molecule has 4 rings (SSSR count). The maximum Gasteiger partial charge on any atom is 0.124 e. The molecule has 29 heavy (non-hydrogen) atoms. The Kier molecular flexibility index (Phi) is 6.47. The Balaban J connectivity index is 1.41. The molecule has 1 aliphatic heterocycles. The first-order chi connectivity index (χ1) is 14.2. The van der Waals surface area contributed by atoms with Crippen molar-refractivity contribution in [1.82, 2.24) is 19.4 Å². The van der Waals surface area contributed by atoms with Crippen molar-refractivity contribution in [3.63, 3.8) is 0 Å². The molecule has 0 N–H and O–H groups in total. The van der Waals surface area contributed by atoms with Crippen LogP contribution in [-0.4, -0.2) is 32.5 Å². The van der Waals surface area contributed by atoms with Gasteiger partial charge in [-0.1, -0.05) is 17.7 Å². The number of nitrogens with zero attached hydrogens (tertiary/aromatic N) is 4. The normalized spacial score (nSPS) is 17.4. The predicted octanol–water partition coefficient (Wildman–Crippen LogP) is 4.50. The molecule has 0 radical (unpaired) electrons. The van der Waals surface area contributed by atoms with Crippen molar-refractivity contribution in [2.45, 2.75) is 32.4 Å². The minimum atomic E-state index is 0.504. The zero-order valence-electron chi connectivity index (χ0n) is 16.8. The van der Waals surface area contributed by atoms with Crippen LogP contribution in [-0.2, 0) is 26.6 Å². The third-order valence-corrected chi connectivity index (χ3v) is 5.76. The summed E-state index contributed by atoms with van der Waals surface area (Å²) in [5.41, 5.74) is 2.19. The zero-order valence-corrected chi connectivity index (χ0v) is 17.6. The maximum atomic E-state index is 6.30. The van der Waals surface area contributed by atoms with Crippen molar-refractivity contribution in [3.8, 4) is 5.75 Å². The second kappa shape index (κ2) is 9.42. The summed E-state index contributed by atoms with van der Waals surface area (Å²) in [5.74, 6) is 2.69. The molecule has 3 aromatic rings. The van der Waals surface area contributed by atoms with Crippen molar-refractivity contribution in [2.24, 2.45) is 13.0 Å². The van der Waals surface area contributed by atoms with Crippen LogP contribution < -0.4 is 4.74 Å². The molecule has 2 aromatic heterocycles.